The van der Waals surface area contributed by atoms with Gasteiger partial charge in [-0.15, -0.1) is 6.42 Å². The Balaban J connectivity index is 1.61. The Kier molecular flexibility index (Phi) is 7.64. The highest BCUT2D eigenvalue weighted by Crippen LogP contribution is 2.39. The summed E-state index contributed by atoms with van der Waals surface area (Å²) in [6, 6.07) is 44.6. The van der Waals surface area contributed by atoms with Crippen LogP contribution in [0.15, 0.2) is 151 Å². The van der Waals surface area contributed by atoms with E-state index in [4.69, 9.17) is 6.42 Å². The molecule has 0 fully saturated rings. The second kappa shape index (κ2) is 11.8. The molecule has 0 aromatic heterocycles. The molecule has 0 bridgehead atoms. The molecule has 0 saturated heterocycles. The van der Waals surface area contributed by atoms with Gasteiger partial charge in [0.15, 0.2) is 0 Å². The van der Waals surface area contributed by atoms with Crippen molar-refractivity contribution in [1.82, 2.24) is 0 Å². The number of terminal acetylenes is 1. The van der Waals surface area contributed by atoms with Crippen molar-refractivity contribution in [3.05, 3.63) is 162 Å². The molecule has 1 heteroatoms. The zero-order chi connectivity index (χ0) is 26.2. The highest BCUT2D eigenvalue weighted by Gasteiger charge is 2.15. The molecule has 0 saturated carbocycles. The summed E-state index contributed by atoms with van der Waals surface area (Å²) in [7, 11) is 0. The van der Waals surface area contributed by atoms with Crippen molar-refractivity contribution in [2.45, 2.75) is 6.92 Å². The third kappa shape index (κ3) is 5.36. The highest BCUT2D eigenvalue weighted by atomic mass is 15.1. The zero-order valence-electron chi connectivity index (χ0n) is 21.5. The van der Waals surface area contributed by atoms with Crippen molar-refractivity contribution in [1.29, 1.82) is 0 Å². The van der Waals surface area contributed by atoms with Gasteiger partial charge in [-0.25, -0.2) is 0 Å². The van der Waals surface area contributed by atoms with Crippen LogP contribution in [0.2, 0.25) is 0 Å². The van der Waals surface area contributed by atoms with E-state index in [9.17, 15) is 0 Å². The zero-order valence-corrected chi connectivity index (χ0v) is 21.5. The molecule has 0 aliphatic rings. The fourth-order valence-corrected chi connectivity index (χ4v) is 4.73. The number of benzene rings is 5. The number of rotatable bonds is 7. The summed E-state index contributed by atoms with van der Waals surface area (Å²) in [5, 5.41) is 2.43. The molecule has 0 heterocycles. The second-order valence-electron chi connectivity index (χ2n) is 8.95. The maximum absolute atomic E-state index is 5.68. The first kappa shape index (κ1) is 24.6. The minimum atomic E-state index is 1.01. The molecular weight excluding hydrogens is 458 g/mol. The maximum Gasteiger partial charge on any atom is 0.0540 e. The molecule has 0 unspecified atom stereocenters. The normalized spacial score (nSPS) is 12.0. The summed E-state index contributed by atoms with van der Waals surface area (Å²) in [5.41, 5.74) is 7.68. The molecule has 5 aromatic rings. The number of fused-ring (bicyclic) bond motifs is 1. The highest BCUT2D eigenvalue weighted by molar-refractivity contribution is 5.99. The monoisotopic (exact) mass is 487 g/mol. The smallest absolute Gasteiger partial charge is 0.0540 e. The lowest BCUT2D eigenvalue weighted by Gasteiger charge is -2.27. The quantitative estimate of drug-likeness (QED) is 0.125. The van der Waals surface area contributed by atoms with Crippen LogP contribution in [0.1, 0.15) is 18.1 Å². The van der Waals surface area contributed by atoms with E-state index in [1.807, 2.05) is 25.1 Å². The molecule has 0 amide bonds. The van der Waals surface area contributed by atoms with Crippen molar-refractivity contribution in [2.24, 2.45) is 0 Å². The predicted octanol–water partition coefficient (Wildman–Crippen LogP) is 9.99. The average Bonchev–Trinajstić information content (AvgIpc) is 2.98. The molecule has 182 valence electrons. The summed E-state index contributed by atoms with van der Waals surface area (Å²) in [6.45, 7) is 2.01. The molecule has 5 aromatic carbocycles. The minimum Gasteiger partial charge on any atom is -0.310 e. The van der Waals surface area contributed by atoms with Gasteiger partial charge in [-0.3, -0.25) is 0 Å². The predicted molar refractivity (Wildman–Crippen MR) is 165 cm³/mol. The van der Waals surface area contributed by atoms with Gasteiger partial charge >= 0.3 is 0 Å². The second-order valence-corrected chi connectivity index (χ2v) is 8.95. The molecule has 5 rings (SSSR count). The van der Waals surface area contributed by atoms with Crippen LogP contribution < -0.4 is 4.90 Å². The lowest BCUT2D eigenvalue weighted by molar-refractivity contribution is 1.30. The molecule has 0 N–H and O–H groups in total. The van der Waals surface area contributed by atoms with Crippen molar-refractivity contribution in [3.8, 4) is 12.3 Å². The summed E-state index contributed by atoms with van der Waals surface area (Å²) in [6.07, 6.45) is 13.8. The van der Waals surface area contributed by atoms with Gasteiger partial charge in [-0.05, 0) is 77.1 Å². The summed E-state index contributed by atoms with van der Waals surface area (Å²) >= 11 is 0. The van der Waals surface area contributed by atoms with E-state index < -0.39 is 0 Å². The van der Waals surface area contributed by atoms with Gasteiger partial charge in [0.1, 0.15) is 0 Å². The molecule has 0 radical (unpaired) electrons. The Hall–Kier alpha value is -5.06. The van der Waals surface area contributed by atoms with E-state index >= 15 is 0 Å². The minimum absolute atomic E-state index is 1.01. The van der Waals surface area contributed by atoms with Gasteiger partial charge < -0.3 is 4.90 Å². The van der Waals surface area contributed by atoms with E-state index in [2.05, 4.69) is 144 Å². The Morgan fingerprint density at radius 3 is 2.03 bits per heavy atom. The lowest BCUT2D eigenvalue weighted by atomic mass is 9.94. The number of allylic oxidation sites excluding steroid dienone is 5. The van der Waals surface area contributed by atoms with E-state index in [0.717, 1.165) is 39.3 Å². The van der Waals surface area contributed by atoms with E-state index in [1.165, 1.54) is 10.8 Å². The average molecular weight is 488 g/mol. The number of nitrogens with zero attached hydrogens (tertiary/aromatic N) is 1. The topological polar surface area (TPSA) is 3.24 Å². The van der Waals surface area contributed by atoms with Gasteiger partial charge in [0.05, 0.1) is 5.69 Å². The standard InChI is InChI=1S/C37H29N/c1-3-14-30(15-4-2)36(32-16-7-5-8-17-32)28-29-24-26-34(27-25-29)38(33-20-9-6-10-21-33)37-23-13-19-31-18-11-12-22-35(31)37/h1,4-28H,2H3/b15-4-,30-14+,36-28+. The van der Waals surface area contributed by atoms with Crippen LogP contribution in [0, 0.1) is 12.3 Å². The molecule has 38 heavy (non-hydrogen) atoms. The van der Waals surface area contributed by atoms with Crippen LogP contribution in [0.3, 0.4) is 0 Å². The van der Waals surface area contributed by atoms with E-state index in [1.54, 1.807) is 0 Å². The van der Waals surface area contributed by atoms with Crippen LogP contribution in [0.5, 0.6) is 0 Å². The number of hydrogen-bond donors (Lipinski definition) is 0. The SMILES string of the molecule is C#C/C=C(\C=C/C)C(=C\c1ccc(N(c2ccccc2)c2cccc3ccccc23)cc1)/c1ccccc1. The Bertz CT molecular complexity index is 1640. The molecule has 0 aliphatic carbocycles. The van der Waals surface area contributed by atoms with Gasteiger partial charge in [0, 0.05) is 16.8 Å². The summed E-state index contributed by atoms with van der Waals surface area (Å²) < 4.78 is 0. The summed E-state index contributed by atoms with van der Waals surface area (Å²) in [5.74, 6) is 2.70. The third-order valence-electron chi connectivity index (χ3n) is 6.47. The Morgan fingerprint density at radius 2 is 1.32 bits per heavy atom. The van der Waals surface area contributed by atoms with Gasteiger partial charge in [0.25, 0.3) is 0 Å². The van der Waals surface area contributed by atoms with Crippen LogP contribution in [0.4, 0.5) is 17.1 Å². The van der Waals surface area contributed by atoms with Gasteiger partial charge in [0.2, 0.25) is 0 Å². The number of anilines is 3. The van der Waals surface area contributed by atoms with Crippen molar-refractivity contribution < 1.29 is 0 Å². The third-order valence-corrected chi connectivity index (χ3v) is 6.47. The first-order valence-corrected chi connectivity index (χ1v) is 12.8. The van der Waals surface area contributed by atoms with Gasteiger partial charge in [-0.1, -0.05) is 115 Å². The molecule has 0 aliphatic heterocycles. The van der Waals surface area contributed by atoms with Crippen molar-refractivity contribution >= 4 is 39.5 Å². The van der Waals surface area contributed by atoms with E-state index in [-0.39, 0.29) is 0 Å². The van der Waals surface area contributed by atoms with Crippen LogP contribution >= 0.6 is 0 Å². The van der Waals surface area contributed by atoms with E-state index in [0.29, 0.717) is 0 Å². The fraction of sp³-hybridized carbons (Fsp3) is 0.0270. The Labute approximate surface area is 225 Å². The maximum atomic E-state index is 5.68. The fourth-order valence-electron chi connectivity index (χ4n) is 4.73. The molecule has 0 spiro atoms. The molecule has 1 nitrogen and oxygen atoms in total. The van der Waals surface area contributed by atoms with Gasteiger partial charge in [-0.2, -0.15) is 0 Å². The lowest BCUT2D eigenvalue weighted by Crippen LogP contribution is -2.10. The largest absolute Gasteiger partial charge is 0.310 e. The van der Waals surface area contributed by atoms with Crippen LogP contribution in [-0.2, 0) is 0 Å². The molecule has 0 atom stereocenters. The molecular formula is C37H29N. The number of para-hydroxylation sites is 1. The summed E-state index contributed by atoms with van der Waals surface area (Å²) in [4.78, 5) is 2.32. The first-order chi connectivity index (χ1) is 18.8. The Morgan fingerprint density at radius 1 is 0.684 bits per heavy atom. The number of hydrogen-bond acceptors (Lipinski definition) is 1. The van der Waals surface area contributed by atoms with Crippen molar-refractivity contribution in [3.63, 3.8) is 0 Å². The van der Waals surface area contributed by atoms with Crippen molar-refractivity contribution in [2.75, 3.05) is 4.90 Å². The van der Waals surface area contributed by atoms with Crippen LogP contribution in [-0.4, -0.2) is 0 Å². The van der Waals surface area contributed by atoms with Crippen LogP contribution in [0.25, 0.3) is 22.4 Å². The first-order valence-electron chi connectivity index (χ1n) is 12.8.